The van der Waals surface area contributed by atoms with E-state index >= 15 is 0 Å². The first kappa shape index (κ1) is 25.3. The summed E-state index contributed by atoms with van der Waals surface area (Å²) < 4.78 is 47.2. The number of hydrogen-bond donors (Lipinski definition) is 0. The Morgan fingerprint density at radius 3 is 2.36 bits per heavy atom. The van der Waals surface area contributed by atoms with Crippen molar-refractivity contribution >= 4 is 32.5 Å². The van der Waals surface area contributed by atoms with Gasteiger partial charge >= 0.3 is 0 Å². The predicted octanol–water partition coefficient (Wildman–Crippen LogP) is 10.7. The van der Waals surface area contributed by atoms with Crippen molar-refractivity contribution in [3.8, 4) is 28.3 Å². The first-order valence-corrected chi connectivity index (χ1v) is 15.5. The van der Waals surface area contributed by atoms with E-state index in [0.29, 0.717) is 17.2 Å². The minimum absolute atomic E-state index is 0. The van der Waals surface area contributed by atoms with E-state index in [9.17, 15) is 0 Å². The number of pyridine rings is 1. The number of hydrogen-bond acceptors (Lipinski definition) is 3. The summed E-state index contributed by atoms with van der Waals surface area (Å²) in [5.41, 5.74) is 9.88. The number of thiophene rings is 1. The van der Waals surface area contributed by atoms with E-state index < -0.39 is 13.7 Å². The normalized spacial score (nSPS) is 13.5. The molecule has 0 spiro atoms. The van der Waals surface area contributed by atoms with Crippen molar-refractivity contribution in [2.75, 3.05) is 0 Å². The molecule has 0 aliphatic rings. The Hall–Kier alpha value is -3.89. The van der Waals surface area contributed by atoms with E-state index in [1.54, 1.807) is 23.5 Å². The van der Waals surface area contributed by atoms with Gasteiger partial charge in [-0.3, -0.25) is 16.3 Å². The van der Waals surface area contributed by atoms with Crippen LogP contribution in [-0.4, -0.2) is 14.5 Å². The third kappa shape index (κ3) is 7.02. The molecule has 3 nitrogen and oxygen atoms in total. The molecule has 7 rings (SSSR count). The summed E-state index contributed by atoms with van der Waals surface area (Å²) in [6.07, 6.45) is 2.40. The molecule has 1 radical (unpaired) electrons. The Kier molecular flexibility index (Phi) is 7.90. The number of benzene rings is 4. The van der Waals surface area contributed by atoms with Gasteiger partial charge < -0.3 is 9.55 Å². The third-order valence-electron chi connectivity index (χ3n) is 7.52. The van der Waals surface area contributed by atoms with E-state index in [1.807, 2.05) is 0 Å². The molecule has 0 unspecified atom stereocenters. The zero-order valence-corrected chi connectivity index (χ0v) is 28.8. The smallest absolute Gasteiger partial charge is 0.0774 e. The van der Waals surface area contributed by atoms with Crippen LogP contribution in [0.4, 0.5) is 0 Å². The van der Waals surface area contributed by atoms with Crippen LogP contribution in [0, 0.1) is 44.9 Å². The summed E-state index contributed by atoms with van der Waals surface area (Å²) >= 11 is 1.69. The minimum atomic E-state index is -2.18. The fourth-order valence-corrected chi connectivity index (χ4v) is 6.40. The molecule has 3 heterocycles. The Labute approximate surface area is 292 Å². The molecule has 3 aromatic heterocycles. The zero-order chi connectivity index (χ0) is 35.8. The van der Waals surface area contributed by atoms with Crippen molar-refractivity contribution in [3.63, 3.8) is 0 Å². The second kappa shape index (κ2) is 14.0. The van der Waals surface area contributed by atoms with E-state index in [2.05, 4.69) is 109 Å². The number of nitrogens with zero attached hydrogens (tertiary/aromatic N) is 3. The summed E-state index contributed by atoms with van der Waals surface area (Å²) in [4.78, 5) is 9.15. The van der Waals surface area contributed by atoms with Crippen molar-refractivity contribution in [3.05, 3.63) is 136 Å². The number of para-hydroxylation sites is 3. The Bertz CT molecular complexity index is 2190. The van der Waals surface area contributed by atoms with Gasteiger partial charge in [0.1, 0.15) is 0 Å². The molecule has 0 N–H and O–H groups in total. The van der Waals surface area contributed by atoms with Crippen LogP contribution >= 0.6 is 11.3 Å². The zero-order valence-electron chi connectivity index (χ0n) is 31.6. The van der Waals surface area contributed by atoms with Gasteiger partial charge in [0.05, 0.1) is 16.9 Å². The van der Waals surface area contributed by atoms with E-state index in [4.69, 9.17) is 13.2 Å². The molecule has 0 saturated carbocycles. The molecule has 0 saturated heterocycles. The van der Waals surface area contributed by atoms with Gasteiger partial charge in [-0.1, -0.05) is 96.5 Å². The molecule has 229 valence electrons. The predicted molar refractivity (Wildman–Crippen MR) is 187 cm³/mol. The molecule has 0 aliphatic carbocycles. The quantitative estimate of drug-likeness (QED) is 0.163. The number of rotatable bonds is 5. The molecule has 5 heteroatoms. The summed E-state index contributed by atoms with van der Waals surface area (Å²) in [5, 5.41) is 4.81. The molecular weight excluding hydrogens is 747 g/mol. The average Bonchev–Trinajstić information content (AvgIpc) is 3.65. The molecule has 45 heavy (non-hydrogen) atoms. The van der Waals surface area contributed by atoms with Crippen LogP contribution in [0.5, 0.6) is 0 Å². The van der Waals surface area contributed by atoms with Crippen LogP contribution in [0.3, 0.4) is 0 Å². The van der Waals surface area contributed by atoms with Gasteiger partial charge in [-0.05, 0) is 67.6 Å². The van der Waals surface area contributed by atoms with Crippen LogP contribution in [0.15, 0.2) is 97.2 Å². The Balaban J connectivity index is 0.000000211. The van der Waals surface area contributed by atoms with Crippen LogP contribution < -0.4 is 0 Å². The summed E-state index contributed by atoms with van der Waals surface area (Å²) in [5.74, 6) is 1.62. The monoisotopic (exact) mass is 790 g/mol. The van der Waals surface area contributed by atoms with Crippen LogP contribution in [0.2, 0.25) is 0 Å². The van der Waals surface area contributed by atoms with E-state index in [0.717, 1.165) is 28.8 Å². The number of fused-ring (bicyclic) bond motifs is 2. The maximum absolute atomic E-state index is 7.28. The molecule has 0 fully saturated rings. The van der Waals surface area contributed by atoms with Crippen molar-refractivity contribution < 1.29 is 28.3 Å². The fourth-order valence-electron chi connectivity index (χ4n) is 5.50. The third-order valence-corrected chi connectivity index (χ3v) is 8.39. The average molecular weight is 790 g/mol. The van der Waals surface area contributed by atoms with Gasteiger partial charge in [0.25, 0.3) is 0 Å². The van der Waals surface area contributed by atoms with Gasteiger partial charge in [0.2, 0.25) is 0 Å². The largest absolute Gasteiger partial charge is 0.333 e. The molecule has 0 bridgehead atoms. The second-order valence-electron chi connectivity index (χ2n) is 11.4. The summed E-state index contributed by atoms with van der Waals surface area (Å²) in [6, 6.07) is 32.2. The van der Waals surface area contributed by atoms with Crippen LogP contribution in [0.25, 0.3) is 49.5 Å². The Morgan fingerprint density at radius 1 is 0.889 bits per heavy atom. The van der Waals surface area contributed by atoms with Crippen molar-refractivity contribution in [1.82, 2.24) is 14.5 Å². The maximum Gasteiger partial charge on any atom is 0.0774 e. The van der Waals surface area contributed by atoms with E-state index in [1.165, 1.54) is 56.9 Å². The number of aromatic nitrogens is 3. The number of imidazole rings is 1. The number of aryl methyl sites for hydroxylation is 4. The van der Waals surface area contributed by atoms with Crippen molar-refractivity contribution in [2.24, 2.45) is 5.92 Å². The second-order valence-corrected chi connectivity index (χ2v) is 12.3. The van der Waals surface area contributed by atoms with Gasteiger partial charge in [-0.25, -0.2) is 0 Å². The van der Waals surface area contributed by atoms with Crippen molar-refractivity contribution in [2.45, 2.75) is 47.8 Å². The molecule has 7 aromatic rings. The molecule has 4 aromatic carbocycles. The fraction of sp³-hybridized carbons (Fsp3) is 0.200. The summed E-state index contributed by atoms with van der Waals surface area (Å²) in [6.45, 7) is 4.54. The van der Waals surface area contributed by atoms with Gasteiger partial charge in [0.15, 0.2) is 0 Å². The SMILES string of the molecule is Cc1cccc(C)c1-n1c(-c2[c-]sc3cc(CC(C)C)ccc23)nc2ccccc21.[2H]C([2H])([2H])c1c[c-]c(-c2ccc(C([2H])([2H])[2H])cn2)cc1.[Ir]. The van der Waals surface area contributed by atoms with Crippen LogP contribution in [-0.2, 0) is 26.5 Å². The molecule has 0 aliphatic heterocycles. The summed E-state index contributed by atoms with van der Waals surface area (Å²) in [7, 11) is 0. The maximum atomic E-state index is 7.28. The minimum Gasteiger partial charge on any atom is -0.333 e. The van der Waals surface area contributed by atoms with Gasteiger partial charge in [-0.15, -0.1) is 46.8 Å². The molecule has 0 amide bonds. The first-order valence-electron chi connectivity index (χ1n) is 17.7. The standard InChI is InChI=1S/C27H25N2S.C13H12N.Ir/c1-17(2)14-20-12-13-21-22(16-30-25(21)15-20)27-28-23-10-5-6-11-24(23)29(27)26-18(3)8-7-9-19(26)4;1-10-3-6-12(7-4-10)13-8-5-11(2)9-14-13;/h5-13,15,17H,14H2,1-4H3;3-6,8-9H,1-2H3;/q2*-1;/i;1D3,2D3;. The topological polar surface area (TPSA) is 30.7 Å². The van der Waals surface area contributed by atoms with Gasteiger partial charge in [-0.2, -0.15) is 0 Å². The van der Waals surface area contributed by atoms with E-state index in [-0.39, 0.29) is 31.2 Å². The van der Waals surface area contributed by atoms with Gasteiger partial charge in [0, 0.05) is 40.2 Å². The van der Waals surface area contributed by atoms with Crippen molar-refractivity contribution in [1.29, 1.82) is 0 Å². The first-order chi connectivity index (χ1) is 23.7. The molecular formula is C40H37IrN3S-2. The van der Waals surface area contributed by atoms with Crippen LogP contribution in [0.1, 0.15) is 49.9 Å². The Morgan fingerprint density at radius 2 is 1.67 bits per heavy atom. The molecule has 0 atom stereocenters.